The number of β-amino-alcohol motifs (C(OH)–C–C–N with tert-alkyl or cyclic N) is 1. The molecule has 1 aliphatic heterocycles. The van der Waals surface area contributed by atoms with Gasteiger partial charge in [0.25, 0.3) is 0 Å². The van der Waals surface area contributed by atoms with E-state index in [2.05, 4.69) is 10.3 Å². The first-order chi connectivity index (χ1) is 13.0. The highest BCUT2D eigenvalue weighted by Gasteiger charge is 2.33. The van der Waals surface area contributed by atoms with Gasteiger partial charge in [-0.1, -0.05) is 11.6 Å². The van der Waals surface area contributed by atoms with Crippen LogP contribution in [-0.4, -0.2) is 35.8 Å². The van der Waals surface area contributed by atoms with E-state index in [4.69, 9.17) is 16.3 Å². The maximum absolute atomic E-state index is 11.9. The Morgan fingerprint density at radius 2 is 2.19 bits per heavy atom. The average molecular weight is 403 g/mol. The summed E-state index contributed by atoms with van der Waals surface area (Å²) in [6, 6.07) is 7.72. The topological polar surface area (TPSA) is 71.5 Å². The summed E-state index contributed by atoms with van der Waals surface area (Å²) in [5, 5.41) is 13.4. The number of aryl methyl sites for hydroxylation is 1. The molecular formula is C20H19ClN2O3S. The molecule has 2 unspecified atom stereocenters. The van der Waals surface area contributed by atoms with Crippen molar-refractivity contribution in [1.82, 2.24) is 10.3 Å². The normalized spacial score (nSPS) is 19.5. The number of carbonyl (C=O) groups excluding carboxylic acids is 1. The molecule has 1 aliphatic rings. The summed E-state index contributed by atoms with van der Waals surface area (Å²) in [5.74, 6) is 0.275. The van der Waals surface area contributed by atoms with Crippen LogP contribution >= 0.6 is 22.9 Å². The van der Waals surface area contributed by atoms with Crippen molar-refractivity contribution in [3.8, 4) is 16.9 Å². The number of hydrogen-bond donors (Lipinski definition) is 2. The van der Waals surface area contributed by atoms with Crippen molar-refractivity contribution in [2.75, 3.05) is 13.7 Å². The number of carbonyl (C=O) groups is 1. The molecule has 3 heterocycles. The van der Waals surface area contributed by atoms with Gasteiger partial charge in [-0.15, -0.1) is 11.3 Å². The van der Waals surface area contributed by atoms with Crippen molar-refractivity contribution in [3.63, 3.8) is 0 Å². The predicted molar refractivity (Wildman–Crippen MR) is 108 cm³/mol. The van der Waals surface area contributed by atoms with Crippen LogP contribution in [0.3, 0.4) is 0 Å². The lowest BCUT2D eigenvalue weighted by Gasteiger charge is -2.13. The highest BCUT2D eigenvalue weighted by atomic mass is 35.5. The fourth-order valence-electron chi connectivity index (χ4n) is 3.60. The maximum Gasteiger partial charge on any atom is 0.226 e. The van der Waals surface area contributed by atoms with Gasteiger partial charge in [0.1, 0.15) is 5.75 Å². The number of amides is 1. The number of pyridine rings is 1. The van der Waals surface area contributed by atoms with E-state index >= 15 is 0 Å². The van der Waals surface area contributed by atoms with Crippen molar-refractivity contribution in [1.29, 1.82) is 0 Å². The van der Waals surface area contributed by atoms with E-state index in [1.807, 2.05) is 31.2 Å². The van der Waals surface area contributed by atoms with Gasteiger partial charge >= 0.3 is 0 Å². The minimum atomic E-state index is -0.647. The molecule has 1 fully saturated rings. The lowest BCUT2D eigenvalue weighted by molar-refractivity contribution is -0.123. The van der Waals surface area contributed by atoms with E-state index in [-0.39, 0.29) is 5.91 Å². The molecule has 1 saturated heterocycles. The third-order valence-electron chi connectivity index (χ3n) is 4.90. The van der Waals surface area contributed by atoms with Crippen molar-refractivity contribution in [2.24, 2.45) is 5.92 Å². The van der Waals surface area contributed by atoms with Gasteiger partial charge in [-0.2, -0.15) is 0 Å². The van der Waals surface area contributed by atoms with Gasteiger partial charge in [-0.3, -0.25) is 9.78 Å². The molecule has 7 heteroatoms. The van der Waals surface area contributed by atoms with Gasteiger partial charge in [0.05, 0.1) is 29.3 Å². The summed E-state index contributed by atoms with van der Waals surface area (Å²) < 4.78 is 6.63. The molecule has 3 aromatic rings. The number of aliphatic hydroxyl groups excluding tert-OH is 1. The number of aliphatic hydroxyl groups is 1. The van der Waals surface area contributed by atoms with E-state index < -0.39 is 12.0 Å². The Hall–Kier alpha value is -2.15. The molecule has 2 atom stereocenters. The number of methoxy groups -OCH3 is 1. The molecule has 0 spiro atoms. The summed E-state index contributed by atoms with van der Waals surface area (Å²) in [5.41, 5.74) is 3.74. The molecule has 5 nitrogen and oxygen atoms in total. The molecule has 0 radical (unpaired) electrons. The van der Waals surface area contributed by atoms with Crippen LogP contribution < -0.4 is 10.1 Å². The number of fused-ring (bicyclic) bond motifs is 1. The molecule has 27 heavy (non-hydrogen) atoms. The smallest absolute Gasteiger partial charge is 0.226 e. The van der Waals surface area contributed by atoms with E-state index in [1.165, 1.54) is 0 Å². The summed E-state index contributed by atoms with van der Waals surface area (Å²) in [7, 11) is 1.65. The molecule has 2 aromatic heterocycles. The monoisotopic (exact) mass is 402 g/mol. The average Bonchev–Trinajstić information content (AvgIpc) is 3.19. The second-order valence-electron chi connectivity index (χ2n) is 6.71. The van der Waals surface area contributed by atoms with Gasteiger partial charge < -0.3 is 15.2 Å². The Labute approximate surface area is 166 Å². The molecule has 0 aliphatic carbocycles. The second-order valence-corrected chi connectivity index (χ2v) is 8.29. The lowest BCUT2D eigenvalue weighted by Crippen LogP contribution is -2.23. The minimum Gasteiger partial charge on any atom is -0.496 e. The zero-order valence-electron chi connectivity index (χ0n) is 15.0. The fourth-order valence-corrected chi connectivity index (χ4v) is 5.07. The number of hydrogen-bond acceptors (Lipinski definition) is 5. The lowest BCUT2D eigenvalue weighted by atomic mass is 10.00. The van der Waals surface area contributed by atoms with Crippen LogP contribution in [0, 0.1) is 12.8 Å². The zero-order valence-corrected chi connectivity index (χ0v) is 16.5. The molecule has 2 N–H and O–H groups in total. The first-order valence-electron chi connectivity index (χ1n) is 8.65. The number of benzene rings is 1. The summed E-state index contributed by atoms with van der Waals surface area (Å²) >= 11 is 7.88. The Morgan fingerprint density at radius 3 is 2.89 bits per heavy atom. The van der Waals surface area contributed by atoms with Crippen molar-refractivity contribution in [2.45, 2.75) is 19.4 Å². The summed E-state index contributed by atoms with van der Waals surface area (Å²) in [6.45, 7) is 2.28. The Balaban J connectivity index is 1.80. The SMILES string of the molecule is COc1c(C)cc(Cl)cc1-c1ccnc2cc(CC3C(=O)NCC3O)sc12. The Morgan fingerprint density at radius 1 is 1.37 bits per heavy atom. The van der Waals surface area contributed by atoms with Crippen LogP contribution in [0.2, 0.25) is 5.02 Å². The Bertz CT molecular complexity index is 1030. The number of nitrogens with zero attached hydrogens (tertiary/aromatic N) is 1. The van der Waals surface area contributed by atoms with Gasteiger partial charge in [0.2, 0.25) is 5.91 Å². The largest absolute Gasteiger partial charge is 0.496 e. The Kier molecular flexibility index (Phi) is 4.80. The van der Waals surface area contributed by atoms with Crippen LogP contribution in [0.5, 0.6) is 5.75 Å². The summed E-state index contributed by atoms with van der Waals surface area (Å²) in [6.07, 6.45) is 1.62. The molecule has 0 saturated carbocycles. The van der Waals surface area contributed by atoms with Crippen molar-refractivity contribution in [3.05, 3.63) is 45.9 Å². The van der Waals surface area contributed by atoms with Crippen molar-refractivity contribution >= 4 is 39.1 Å². The predicted octanol–water partition coefficient (Wildman–Crippen LogP) is 3.58. The van der Waals surface area contributed by atoms with Crippen LogP contribution in [0.1, 0.15) is 10.4 Å². The number of ether oxygens (including phenoxy) is 1. The molecule has 140 valence electrons. The van der Waals surface area contributed by atoms with E-state index in [0.29, 0.717) is 18.0 Å². The van der Waals surface area contributed by atoms with Crippen molar-refractivity contribution < 1.29 is 14.6 Å². The molecule has 0 bridgehead atoms. The van der Waals surface area contributed by atoms with Crippen LogP contribution in [0.15, 0.2) is 30.5 Å². The second kappa shape index (κ2) is 7.11. The van der Waals surface area contributed by atoms with Gasteiger partial charge in [-0.25, -0.2) is 0 Å². The third-order valence-corrected chi connectivity index (χ3v) is 6.30. The van der Waals surface area contributed by atoms with Gasteiger partial charge in [0, 0.05) is 33.8 Å². The first kappa shape index (κ1) is 18.2. The number of nitrogens with one attached hydrogen (secondary N) is 1. The molecular weight excluding hydrogens is 384 g/mol. The summed E-state index contributed by atoms with van der Waals surface area (Å²) in [4.78, 5) is 17.4. The van der Waals surface area contributed by atoms with Gasteiger partial charge in [-0.05, 0) is 43.2 Å². The molecule has 1 amide bonds. The molecule has 4 rings (SSSR count). The van der Waals surface area contributed by atoms with E-state index in [1.54, 1.807) is 24.6 Å². The van der Waals surface area contributed by atoms with Gasteiger partial charge in [0.15, 0.2) is 0 Å². The third kappa shape index (κ3) is 3.29. The quantitative estimate of drug-likeness (QED) is 0.699. The van der Waals surface area contributed by atoms with Crippen LogP contribution in [-0.2, 0) is 11.2 Å². The highest BCUT2D eigenvalue weighted by molar-refractivity contribution is 7.19. The van der Waals surface area contributed by atoms with E-state index in [9.17, 15) is 9.90 Å². The fraction of sp³-hybridized carbons (Fsp3) is 0.300. The number of thiophene rings is 1. The zero-order chi connectivity index (χ0) is 19.1. The minimum absolute atomic E-state index is 0.0970. The highest BCUT2D eigenvalue weighted by Crippen LogP contribution is 2.41. The number of aromatic nitrogens is 1. The van der Waals surface area contributed by atoms with Crippen LogP contribution in [0.4, 0.5) is 0 Å². The van der Waals surface area contributed by atoms with E-state index in [0.717, 1.165) is 37.5 Å². The van der Waals surface area contributed by atoms with Crippen LogP contribution in [0.25, 0.3) is 21.3 Å². The first-order valence-corrected chi connectivity index (χ1v) is 9.85. The standard InChI is InChI=1S/C20H19ClN2O3S/c1-10-5-11(21)6-14(18(10)26-2)13-3-4-22-16-8-12(27-19(13)16)7-15-17(24)9-23-20(15)25/h3-6,8,15,17,24H,7,9H2,1-2H3,(H,23,25). The number of halogens is 1. The number of rotatable bonds is 4. The maximum atomic E-state index is 11.9. The molecule has 1 aromatic carbocycles.